The van der Waals surface area contributed by atoms with Crippen LogP contribution in [0.5, 0.6) is 0 Å². The van der Waals surface area contributed by atoms with Gasteiger partial charge in [-0.15, -0.1) is 11.3 Å². The molecule has 4 aromatic rings. The van der Waals surface area contributed by atoms with Crippen LogP contribution in [-0.4, -0.2) is 20.7 Å². The number of carbonyl (C=O) groups excluding carboxylic acids is 1. The molecule has 140 valence electrons. The van der Waals surface area contributed by atoms with Gasteiger partial charge >= 0.3 is 0 Å². The topological polar surface area (TPSA) is 76.9 Å². The van der Waals surface area contributed by atoms with Gasteiger partial charge in [-0.05, 0) is 18.6 Å². The first-order chi connectivity index (χ1) is 13.6. The Morgan fingerprint density at radius 1 is 1.07 bits per heavy atom. The predicted molar refractivity (Wildman–Crippen MR) is 110 cm³/mol. The van der Waals surface area contributed by atoms with E-state index in [0.29, 0.717) is 23.9 Å². The minimum absolute atomic E-state index is 0.214. The van der Waals surface area contributed by atoms with Crippen molar-refractivity contribution in [2.75, 3.05) is 0 Å². The Kier molecular flexibility index (Phi) is 4.99. The molecule has 0 fully saturated rings. The summed E-state index contributed by atoms with van der Waals surface area (Å²) in [4.78, 5) is 30.9. The molecule has 0 spiro atoms. The monoisotopic (exact) mass is 390 g/mol. The Labute approximate surface area is 165 Å². The fourth-order valence-electron chi connectivity index (χ4n) is 3.00. The lowest BCUT2D eigenvalue weighted by Gasteiger charge is -2.11. The number of thiazole rings is 1. The fraction of sp³-hybridized carbons (Fsp3) is 0.143. The number of nitrogens with zero attached hydrogens (tertiary/aromatic N) is 3. The number of aromatic nitrogens is 3. The summed E-state index contributed by atoms with van der Waals surface area (Å²) in [5, 5.41) is 9.26. The highest BCUT2D eigenvalue weighted by molar-refractivity contribution is 7.11. The number of hydrogen-bond acceptors (Lipinski definition) is 5. The molecule has 4 rings (SSSR count). The Morgan fingerprint density at radius 3 is 2.50 bits per heavy atom. The molecule has 1 N–H and O–H groups in total. The van der Waals surface area contributed by atoms with Crippen molar-refractivity contribution in [1.29, 1.82) is 0 Å². The van der Waals surface area contributed by atoms with Gasteiger partial charge in [0.2, 0.25) is 0 Å². The highest BCUT2D eigenvalue weighted by atomic mass is 32.1. The SMILES string of the molecule is Cc1ncc(CNC(=O)c2nn(Cc3ccccc3)c(=O)c3ccccc23)s1. The van der Waals surface area contributed by atoms with E-state index in [1.165, 1.54) is 16.0 Å². The largest absolute Gasteiger partial charge is 0.346 e. The summed E-state index contributed by atoms with van der Waals surface area (Å²) in [6, 6.07) is 16.7. The normalized spacial score (nSPS) is 10.9. The summed E-state index contributed by atoms with van der Waals surface area (Å²) < 4.78 is 1.35. The van der Waals surface area contributed by atoms with Crippen LogP contribution < -0.4 is 10.9 Å². The Morgan fingerprint density at radius 2 is 1.79 bits per heavy atom. The van der Waals surface area contributed by atoms with Gasteiger partial charge in [-0.2, -0.15) is 5.10 Å². The smallest absolute Gasteiger partial charge is 0.274 e. The number of amides is 1. The van der Waals surface area contributed by atoms with Crippen LogP contribution in [0.25, 0.3) is 10.8 Å². The molecular weight excluding hydrogens is 372 g/mol. The third-order valence-electron chi connectivity index (χ3n) is 4.35. The molecule has 0 saturated heterocycles. The molecule has 1 amide bonds. The molecule has 7 heteroatoms. The van der Waals surface area contributed by atoms with E-state index in [9.17, 15) is 9.59 Å². The standard InChI is InChI=1S/C21H18N4O2S/c1-14-22-11-16(28-14)12-23-20(26)19-17-9-5-6-10-18(17)21(27)25(24-19)13-15-7-3-2-4-8-15/h2-11H,12-13H2,1H3,(H,23,26). The first-order valence-electron chi connectivity index (χ1n) is 8.85. The molecule has 0 atom stereocenters. The molecule has 0 aliphatic carbocycles. The van der Waals surface area contributed by atoms with Crippen molar-refractivity contribution in [3.05, 3.63) is 92.3 Å². The van der Waals surface area contributed by atoms with E-state index in [1.54, 1.807) is 30.5 Å². The number of carbonyl (C=O) groups is 1. The summed E-state index contributed by atoms with van der Waals surface area (Å²) >= 11 is 1.53. The van der Waals surface area contributed by atoms with Crippen molar-refractivity contribution >= 4 is 28.0 Å². The molecule has 0 bridgehead atoms. The van der Waals surface area contributed by atoms with Gasteiger partial charge in [0, 0.05) is 16.5 Å². The van der Waals surface area contributed by atoms with E-state index in [2.05, 4.69) is 15.4 Å². The van der Waals surface area contributed by atoms with E-state index in [0.717, 1.165) is 15.4 Å². The van der Waals surface area contributed by atoms with Gasteiger partial charge in [-0.3, -0.25) is 9.59 Å². The first-order valence-corrected chi connectivity index (χ1v) is 9.67. The zero-order chi connectivity index (χ0) is 19.5. The van der Waals surface area contributed by atoms with Crippen LogP contribution in [0, 0.1) is 6.92 Å². The van der Waals surface area contributed by atoms with Crippen molar-refractivity contribution in [3.63, 3.8) is 0 Å². The summed E-state index contributed by atoms with van der Waals surface area (Å²) in [6.07, 6.45) is 1.75. The number of aryl methyl sites for hydroxylation is 1. The van der Waals surface area contributed by atoms with E-state index in [1.807, 2.05) is 37.3 Å². The van der Waals surface area contributed by atoms with Crippen molar-refractivity contribution in [2.45, 2.75) is 20.0 Å². The van der Waals surface area contributed by atoms with Gasteiger partial charge in [0.15, 0.2) is 5.69 Å². The number of benzene rings is 2. The van der Waals surface area contributed by atoms with Crippen LogP contribution in [0.3, 0.4) is 0 Å². The van der Waals surface area contributed by atoms with Crippen molar-refractivity contribution in [2.24, 2.45) is 0 Å². The minimum atomic E-state index is -0.316. The Bertz CT molecular complexity index is 1200. The second-order valence-corrected chi connectivity index (χ2v) is 7.69. The molecule has 6 nitrogen and oxygen atoms in total. The van der Waals surface area contributed by atoms with E-state index in [4.69, 9.17) is 0 Å². The minimum Gasteiger partial charge on any atom is -0.346 e. The lowest BCUT2D eigenvalue weighted by molar-refractivity contribution is 0.0946. The summed E-state index contributed by atoms with van der Waals surface area (Å²) in [5.74, 6) is -0.316. The molecule has 2 heterocycles. The summed E-state index contributed by atoms with van der Waals surface area (Å²) in [6.45, 7) is 2.60. The maximum atomic E-state index is 12.9. The van der Waals surface area contributed by atoms with Crippen molar-refractivity contribution in [3.8, 4) is 0 Å². The molecule has 0 radical (unpaired) electrons. The lowest BCUT2D eigenvalue weighted by atomic mass is 10.1. The number of nitrogens with one attached hydrogen (secondary N) is 1. The van der Waals surface area contributed by atoms with Crippen LogP contribution in [0.15, 0.2) is 65.6 Å². The maximum absolute atomic E-state index is 12.9. The van der Waals surface area contributed by atoms with Crippen molar-refractivity contribution in [1.82, 2.24) is 20.1 Å². The summed E-state index contributed by atoms with van der Waals surface area (Å²) in [7, 11) is 0. The van der Waals surface area contributed by atoms with E-state index in [-0.39, 0.29) is 17.2 Å². The second kappa shape index (κ2) is 7.74. The van der Waals surface area contributed by atoms with Crippen LogP contribution in [-0.2, 0) is 13.1 Å². The molecular formula is C21H18N4O2S. The van der Waals surface area contributed by atoms with Gasteiger partial charge in [0.25, 0.3) is 11.5 Å². The Balaban J connectivity index is 1.70. The second-order valence-electron chi connectivity index (χ2n) is 6.37. The van der Waals surface area contributed by atoms with Crippen LogP contribution in [0.1, 0.15) is 25.9 Å². The molecule has 0 aliphatic heterocycles. The third-order valence-corrected chi connectivity index (χ3v) is 5.26. The van der Waals surface area contributed by atoms with E-state index < -0.39 is 0 Å². The number of hydrogen-bond donors (Lipinski definition) is 1. The first kappa shape index (κ1) is 18.1. The van der Waals surface area contributed by atoms with Gasteiger partial charge in [-0.1, -0.05) is 48.5 Å². The van der Waals surface area contributed by atoms with Crippen molar-refractivity contribution < 1.29 is 4.79 Å². The number of rotatable bonds is 5. The van der Waals surface area contributed by atoms with Gasteiger partial charge in [0.1, 0.15) is 0 Å². The molecule has 2 aromatic heterocycles. The lowest BCUT2D eigenvalue weighted by Crippen LogP contribution is -2.30. The quantitative estimate of drug-likeness (QED) is 0.568. The molecule has 0 aliphatic rings. The molecule has 28 heavy (non-hydrogen) atoms. The van der Waals surface area contributed by atoms with Gasteiger partial charge in [0.05, 0.1) is 23.5 Å². The zero-order valence-corrected chi connectivity index (χ0v) is 16.1. The number of fused-ring (bicyclic) bond motifs is 1. The fourth-order valence-corrected chi connectivity index (χ4v) is 3.74. The van der Waals surface area contributed by atoms with Gasteiger partial charge < -0.3 is 5.32 Å². The predicted octanol–water partition coefficient (Wildman–Crippen LogP) is 3.14. The highest BCUT2D eigenvalue weighted by Gasteiger charge is 2.17. The molecule has 0 unspecified atom stereocenters. The van der Waals surface area contributed by atoms with Crippen LogP contribution in [0.2, 0.25) is 0 Å². The zero-order valence-electron chi connectivity index (χ0n) is 15.3. The van der Waals surface area contributed by atoms with Crippen LogP contribution in [0.4, 0.5) is 0 Å². The maximum Gasteiger partial charge on any atom is 0.274 e. The summed E-state index contributed by atoms with van der Waals surface area (Å²) in [5.41, 5.74) is 0.973. The van der Waals surface area contributed by atoms with Crippen LogP contribution >= 0.6 is 11.3 Å². The average Bonchev–Trinajstić information content (AvgIpc) is 3.14. The molecule has 2 aromatic carbocycles. The molecule has 0 saturated carbocycles. The average molecular weight is 390 g/mol. The van der Waals surface area contributed by atoms with E-state index >= 15 is 0 Å². The Hall–Kier alpha value is -3.32. The van der Waals surface area contributed by atoms with Gasteiger partial charge in [-0.25, -0.2) is 9.67 Å². The third kappa shape index (κ3) is 3.70. The highest BCUT2D eigenvalue weighted by Crippen LogP contribution is 2.15.